The van der Waals surface area contributed by atoms with Gasteiger partial charge in [0.2, 0.25) is 5.91 Å². The van der Waals surface area contributed by atoms with E-state index in [4.69, 9.17) is 11.6 Å². The number of carbonyl (C=O) groups is 1. The molecule has 4 nitrogen and oxygen atoms in total. The minimum atomic E-state index is -0.0310. The zero-order valence-electron chi connectivity index (χ0n) is 12.6. The number of amides is 1. The molecule has 1 amide bonds. The minimum absolute atomic E-state index is 0.0310. The number of anilines is 1. The molecule has 3 rings (SSSR count). The van der Waals surface area contributed by atoms with Crippen LogP contribution in [0.15, 0.2) is 42.5 Å². The van der Waals surface area contributed by atoms with Crippen molar-refractivity contribution in [1.82, 2.24) is 9.97 Å². The Labute approximate surface area is 143 Å². The van der Waals surface area contributed by atoms with E-state index >= 15 is 0 Å². The molecule has 3 aromatic rings. The molecule has 0 aliphatic carbocycles. The van der Waals surface area contributed by atoms with Crippen molar-refractivity contribution in [3.05, 3.63) is 58.9 Å². The first-order valence-electron chi connectivity index (χ1n) is 7.19. The summed E-state index contributed by atoms with van der Waals surface area (Å²) < 4.78 is 0. The molecule has 0 fully saturated rings. The van der Waals surface area contributed by atoms with E-state index in [0.717, 1.165) is 28.1 Å². The number of imidazole rings is 1. The number of aryl methyl sites for hydroxylation is 1. The highest BCUT2D eigenvalue weighted by molar-refractivity contribution is 7.99. The first-order chi connectivity index (χ1) is 11.1. The van der Waals surface area contributed by atoms with Gasteiger partial charge in [0.05, 0.1) is 22.5 Å². The van der Waals surface area contributed by atoms with Crippen LogP contribution in [0.1, 0.15) is 11.4 Å². The minimum Gasteiger partial charge on any atom is -0.341 e. The Kier molecular flexibility index (Phi) is 4.88. The number of halogens is 1. The third-order valence-corrected chi connectivity index (χ3v) is 4.55. The van der Waals surface area contributed by atoms with Gasteiger partial charge in [0.15, 0.2) is 0 Å². The number of hydrogen-bond donors (Lipinski definition) is 2. The monoisotopic (exact) mass is 345 g/mol. The molecular formula is C17H16ClN3OS. The summed E-state index contributed by atoms with van der Waals surface area (Å²) in [5, 5.41) is 3.57. The highest BCUT2D eigenvalue weighted by atomic mass is 35.5. The summed E-state index contributed by atoms with van der Waals surface area (Å²) in [5.74, 6) is 1.89. The number of fused-ring (bicyclic) bond motifs is 1. The average molecular weight is 346 g/mol. The maximum atomic E-state index is 12.0. The second-order valence-corrected chi connectivity index (χ2v) is 6.62. The van der Waals surface area contributed by atoms with Crippen molar-refractivity contribution in [1.29, 1.82) is 0 Å². The smallest absolute Gasteiger partial charge is 0.234 e. The molecule has 0 aliphatic rings. The number of nitrogens with zero attached hydrogens (tertiary/aromatic N) is 1. The lowest BCUT2D eigenvalue weighted by Gasteiger charge is -2.08. The van der Waals surface area contributed by atoms with Gasteiger partial charge in [0.1, 0.15) is 5.82 Å². The first-order valence-corrected chi connectivity index (χ1v) is 8.72. The molecule has 2 aromatic carbocycles. The molecular weight excluding hydrogens is 330 g/mol. The van der Waals surface area contributed by atoms with Gasteiger partial charge in [0.25, 0.3) is 0 Å². The van der Waals surface area contributed by atoms with Crippen molar-refractivity contribution in [3.63, 3.8) is 0 Å². The van der Waals surface area contributed by atoms with E-state index in [9.17, 15) is 4.79 Å². The second kappa shape index (κ2) is 7.06. The topological polar surface area (TPSA) is 57.8 Å². The molecule has 0 saturated carbocycles. The Morgan fingerprint density at radius 3 is 2.91 bits per heavy atom. The quantitative estimate of drug-likeness (QED) is 0.720. The standard InChI is InChI=1S/C17H16ClN3OS/c1-11-8-12(18)6-7-13(11)21-17(22)10-23-9-16-19-14-4-2-3-5-15(14)20-16/h2-8H,9-10H2,1H3,(H,19,20)(H,21,22). The number of carbonyl (C=O) groups excluding carboxylic acids is 1. The van der Waals surface area contributed by atoms with Crippen LogP contribution in [0.2, 0.25) is 5.02 Å². The normalized spacial score (nSPS) is 10.9. The van der Waals surface area contributed by atoms with Gasteiger partial charge >= 0.3 is 0 Å². The molecule has 0 bridgehead atoms. The zero-order chi connectivity index (χ0) is 16.2. The Balaban J connectivity index is 1.52. The van der Waals surface area contributed by atoms with Crippen molar-refractivity contribution < 1.29 is 4.79 Å². The summed E-state index contributed by atoms with van der Waals surface area (Å²) in [6.07, 6.45) is 0. The maximum absolute atomic E-state index is 12.0. The number of benzene rings is 2. The number of hydrogen-bond acceptors (Lipinski definition) is 3. The molecule has 0 aliphatic heterocycles. The lowest BCUT2D eigenvalue weighted by molar-refractivity contribution is -0.113. The van der Waals surface area contributed by atoms with Gasteiger partial charge in [-0.3, -0.25) is 4.79 Å². The Hall–Kier alpha value is -1.98. The van der Waals surface area contributed by atoms with E-state index in [-0.39, 0.29) is 5.91 Å². The number of aromatic nitrogens is 2. The largest absolute Gasteiger partial charge is 0.341 e. The fourth-order valence-electron chi connectivity index (χ4n) is 2.27. The fourth-order valence-corrected chi connectivity index (χ4v) is 3.18. The van der Waals surface area contributed by atoms with Crippen LogP contribution >= 0.6 is 23.4 Å². The lowest BCUT2D eigenvalue weighted by atomic mass is 10.2. The molecule has 0 saturated heterocycles. The second-order valence-electron chi connectivity index (χ2n) is 5.20. The van der Waals surface area contributed by atoms with E-state index in [1.807, 2.05) is 43.3 Å². The van der Waals surface area contributed by atoms with Crippen LogP contribution in [-0.2, 0) is 10.5 Å². The van der Waals surface area contributed by atoms with Crippen molar-refractivity contribution in [3.8, 4) is 0 Å². The van der Waals surface area contributed by atoms with Gasteiger partial charge in [-0.25, -0.2) is 4.98 Å². The van der Waals surface area contributed by atoms with Crippen molar-refractivity contribution in [2.45, 2.75) is 12.7 Å². The van der Waals surface area contributed by atoms with Crippen LogP contribution in [0.25, 0.3) is 11.0 Å². The summed E-state index contributed by atoms with van der Waals surface area (Å²) >= 11 is 7.44. The number of H-pyrrole nitrogens is 1. The number of rotatable bonds is 5. The fraction of sp³-hybridized carbons (Fsp3) is 0.176. The van der Waals surface area contributed by atoms with Gasteiger partial charge in [-0.15, -0.1) is 11.8 Å². The van der Waals surface area contributed by atoms with Crippen LogP contribution < -0.4 is 5.32 Å². The van der Waals surface area contributed by atoms with Gasteiger partial charge in [-0.1, -0.05) is 23.7 Å². The highest BCUT2D eigenvalue weighted by Gasteiger charge is 2.07. The average Bonchev–Trinajstić information content (AvgIpc) is 2.93. The van der Waals surface area contributed by atoms with E-state index in [1.54, 1.807) is 6.07 Å². The number of thioether (sulfide) groups is 1. The van der Waals surface area contributed by atoms with Crippen molar-refractivity contribution in [2.75, 3.05) is 11.1 Å². The van der Waals surface area contributed by atoms with Crippen molar-refractivity contribution >= 4 is 46.0 Å². The molecule has 118 valence electrons. The van der Waals surface area contributed by atoms with E-state index in [1.165, 1.54) is 11.8 Å². The van der Waals surface area contributed by atoms with E-state index in [2.05, 4.69) is 15.3 Å². The summed E-state index contributed by atoms with van der Waals surface area (Å²) in [4.78, 5) is 19.8. The first kappa shape index (κ1) is 15.9. The van der Waals surface area contributed by atoms with Gasteiger partial charge in [0, 0.05) is 10.7 Å². The maximum Gasteiger partial charge on any atom is 0.234 e. The zero-order valence-corrected chi connectivity index (χ0v) is 14.2. The molecule has 0 spiro atoms. The molecule has 0 radical (unpaired) electrons. The van der Waals surface area contributed by atoms with E-state index in [0.29, 0.717) is 16.5 Å². The predicted molar refractivity (Wildman–Crippen MR) is 97.1 cm³/mol. The van der Waals surface area contributed by atoms with Crippen LogP contribution in [0, 0.1) is 6.92 Å². The Morgan fingerprint density at radius 1 is 1.30 bits per heavy atom. The number of nitrogens with one attached hydrogen (secondary N) is 2. The van der Waals surface area contributed by atoms with E-state index < -0.39 is 0 Å². The molecule has 1 aromatic heterocycles. The molecule has 6 heteroatoms. The summed E-state index contributed by atoms with van der Waals surface area (Å²) in [5.41, 5.74) is 3.71. The highest BCUT2D eigenvalue weighted by Crippen LogP contribution is 2.20. The third kappa shape index (κ3) is 4.06. The Morgan fingerprint density at radius 2 is 2.13 bits per heavy atom. The molecule has 0 atom stereocenters. The lowest BCUT2D eigenvalue weighted by Crippen LogP contribution is -2.15. The van der Waals surface area contributed by atoms with Gasteiger partial charge in [-0.2, -0.15) is 0 Å². The van der Waals surface area contributed by atoms with Crippen LogP contribution in [0.4, 0.5) is 5.69 Å². The molecule has 23 heavy (non-hydrogen) atoms. The third-order valence-electron chi connectivity index (χ3n) is 3.37. The number of aromatic amines is 1. The molecule has 0 unspecified atom stereocenters. The molecule has 1 heterocycles. The van der Waals surface area contributed by atoms with Crippen LogP contribution in [0.5, 0.6) is 0 Å². The van der Waals surface area contributed by atoms with Gasteiger partial charge in [-0.05, 0) is 42.8 Å². The van der Waals surface area contributed by atoms with Crippen LogP contribution in [0.3, 0.4) is 0 Å². The van der Waals surface area contributed by atoms with Crippen molar-refractivity contribution in [2.24, 2.45) is 0 Å². The summed E-state index contributed by atoms with van der Waals surface area (Å²) in [6, 6.07) is 13.3. The molecule has 2 N–H and O–H groups in total. The van der Waals surface area contributed by atoms with Gasteiger partial charge < -0.3 is 10.3 Å². The van der Waals surface area contributed by atoms with Crippen LogP contribution in [-0.4, -0.2) is 21.6 Å². The summed E-state index contributed by atoms with van der Waals surface area (Å²) in [6.45, 7) is 1.92. The number of para-hydroxylation sites is 2. The SMILES string of the molecule is Cc1cc(Cl)ccc1NC(=O)CSCc1nc2ccccc2[nH]1. The Bertz CT molecular complexity index is 814. The summed E-state index contributed by atoms with van der Waals surface area (Å²) in [7, 11) is 0. The predicted octanol–water partition coefficient (Wildman–Crippen LogP) is 4.40.